The summed E-state index contributed by atoms with van der Waals surface area (Å²) in [5.41, 5.74) is 0. The van der Waals surface area contributed by atoms with Gasteiger partial charge in [0.2, 0.25) is 0 Å². The Kier molecular flexibility index (Phi) is 2.05. The molecule has 2 N–H and O–H groups in total. The molecule has 0 radical (unpaired) electrons. The predicted octanol–water partition coefficient (Wildman–Crippen LogP) is 0.666. The van der Waals surface area contributed by atoms with E-state index in [0.29, 0.717) is 0 Å². The van der Waals surface area contributed by atoms with Gasteiger partial charge in [-0.25, -0.2) is 4.39 Å². The SMILES string of the molecule is C=C(F)C(=N)NC. The standard InChI is InChI=1S/C4H7FN2/c1-3(5)4(6)7-2/h1H2,2H3,(H2,6,7). The van der Waals surface area contributed by atoms with Crippen molar-refractivity contribution in [3.05, 3.63) is 12.4 Å². The van der Waals surface area contributed by atoms with Crippen LogP contribution in [0.2, 0.25) is 0 Å². The third-order valence-electron chi connectivity index (χ3n) is 0.521. The molecule has 0 rings (SSSR count). The zero-order valence-electron chi connectivity index (χ0n) is 4.09. The highest BCUT2D eigenvalue weighted by molar-refractivity contribution is 5.92. The van der Waals surface area contributed by atoms with Crippen molar-refractivity contribution >= 4 is 5.84 Å². The van der Waals surface area contributed by atoms with Crippen LogP contribution in [0.3, 0.4) is 0 Å². The first-order valence-electron chi connectivity index (χ1n) is 1.79. The summed E-state index contributed by atoms with van der Waals surface area (Å²) in [6, 6.07) is 0. The second-order valence-corrected chi connectivity index (χ2v) is 1.03. The van der Waals surface area contributed by atoms with Gasteiger partial charge < -0.3 is 5.32 Å². The predicted molar refractivity (Wildman–Crippen MR) is 27.0 cm³/mol. The van der Waals surface area contributed by atoms with Crippen LogP contribution in [0.4, 0.5) is 4.39 Å². The Labute approximate surface area is 41.5 Å². The molecular formula is C4H7FN2. The Morgan fingerprint density at radius 3 is 2.29 bits per heavy atom. The maximum atomic E-state index is 11.6. The molecule has 0 spiro atoms. The topological polar surface area (TPSA) is 35.9 Å². The van der Waals surface area contributed by atoms with Crippen LogP contribution in [-0.2, 0) is 0 Å². The number of rotatable bonds is 1. The van der Waals surface area contributed by atoms with Crippen molar-refractivity contribution in [3.8, 4) is 0 Å². The second-order valence-electron chi connectivity index (χ2n) is 1.03. The maximum Gasteiger partial charge on any atom is 0.157 e. The van der Waals surface area contributed by atoms with Crippen molar-refractivity contribution in [2.45, 2.75) is 0 Å². The number of halogens is 1. The summed E-state index contributed by atoms with van der Waals surface area (Å²) in [6.45, 7) is 2.87. The van der Waals surface area contributed by atoms with E-state index in [0.717, 1.165) is 0 Å². The smallest absolute Gasteiger partial charge is 0.157 e. The van der Waals surface area contributed by atoms with Crippen molar-refractivity contribution in [1.82, 2.24) is 5.32 Å². The number of hydrogen-bond acceptors (Lipinski definition) is 1. The molecule has 0 unspecified atom stereocenters. The van der Waals surface area contributed by atoms with Crippen LogP contribution in [-0.4, -0.2) is 12.9 Å². The van der Waals surface area contributed by atoms with Crippen molar-refractivity contribution in [1.29, 1.82) is 5.41 Å². The van der Waals surface area contributed by atoms with Crippen LogP contribution in [0.15, 0.2) is 12.4 Å². The van der Waals surface area contributed by atoms with Crippen LogP contribution >= 0.6 is 0 Å². The van der Waals surface area contributed by atoms with Gasteiger partial charge in [-0.05, 0) is 0 Å². The van der Waals surface area contributed by atoms with Crippen molar-refractivity contribution in [3.63, 3.8) is 0 Å². The Balaban J connectivity index is 3.58. The highest BCUT2D eigenvalue weighted by Crippen LogP contribution is 1.87. The van der Waals surface area contributed by atoms with Crippen molar-refractivity contribution in [2.75, 3.05) is 7.05 Å². The molecule has 0 saturated heterocycles. The summed E-state index contributed by atoms with van der Waals surface area (Å²) in [6.07, 6.45) is 0. The van der Waals surface area contributed by atoms with E-state index >= 15 is 0 Å². The van der Waals surface area contributed by atoms with E-state index in [1.165, 1.54) is 7.05 Å². The van der Waals surface area contributed by atoms with Gasteiger partial charge in [-0.3, -0.25) is 5.41 Å². The molecule has 0 aromatic carbocycles. The highest BCUT2D eigenvalue weighted by Gasteiger charge is 1.92. The van der Waals surface area contributed by atoms with Crippen LogP contribution in [0.25, 0.3) is 0 Å². The van der Waals surface area contributed by atoms with E-state index in [-0.39, 0.29) is 5.84 Å². The van der Waals surface area contributed by atoms with E-state index < -0.39 is 5.83 Å². The molecule has 0 amide bonds. The third kappa shape index (κ3) is 1.92. The highest BCUT2D eigenvalue weighted by atomic mass is 19.1. The zero-order chi connectivity index (χ0) is 5.86. The Morgan fingerprint density at radius 2 is 2.29 bits per heavy atom. The Morgan fingerprint density at radius 1 is 1.86 bits per heavy atom. The van der Waals surface area contributed by atoms with Crippen LogP contribution in [0.5, 0.6) is 0 Å². The molecule has 0 saturated carbocycles. The summed E-state index contributed by atoms with van der Waals surface area (Å²) < 4.78 is 11.6. The van der Waals surface area contributed by atoms with Gasteiger partial charge in [0, 0.05) is 7.05 Å². The van der Waals surface area contributed by atoms with Gasteiger partial charge in [-0.1, -0.05) is 6.58 Å². The van der Waals surface area contributed by atoms with Gasteiger partial charge in [0.25, 0.3) is 0 Å². The molecule has 7 heavy (non-hydrogen) atoms. The van der Waals surface area contributed by atoms with Gasteiger partial charge >= 0.3 is 0 Å². The summed E-state index contributed by atoms with van der Waals surface area (Å²) in [7, 11) is 1.47. The van der Waals surface area contributed by atoms with Gasteiger partial charge in [-0.15, -0.1) is 0 Å². The lowest BCUT2D eigenvalue weighted by Gasteiger charge is -1.92. The van der Waals surface area contributed by atoms with Crippen LogP contribution in [0.1, 0.15) is 0 Å². The number of hydrogen-bond donors (Lipinski definition) is 2. The van der Waals surface area contributed by atoms with E-state index in [2.05, 4.69) is 11.9 Å². The molecule has 0 bridgehead atoms. The molecule has 0 aromatic rings. The minimum atomic E-state index is -0.734. The van der Waals surface area contributed by atoms with Crippen molar-refractivity contribution < 1.29 is 4.39 Å². The molecule has 0 heterocycles. The fourth-order valence-corrected chi connectivity index (χ4v) is 0.136. The number of amidine groups is 1. The second kappa shape index (κ2) is 2.34. The molecule has 0 aliphatic heterocycles. The lowest BCUT2D eigenvalue weighted by atomic mass is 10.5. The average molecular weight is 102 g/mol. The fourth-order valence-electron chi connectivity index (χ4n) is 0.136. The van der Waals surface area contributed by atoms with Gasteiger partial charge in [0.1, 0.15) is 0 Å². The van der Waals surface area contributed by atoms with Crippen molar-refractivity contribution in [2.24, 2.45) is 0 Å². The first kappa shape index (κ1) is 6.14. The van der Waals surface area contributed by atoms with Gasteiger partial charge in [-0.2, -0.15) is 0 Å². The molecule has 0 fully saturated rings. The molecule has 0 atom stereocenters. The lowest BCUT2D eigenvalue weighted by molar-refractivity contribution is 0.676. The maximum absolute atomic E-state index is 11.6. The van der Waals surface area contributed by atoms with Gasteiger partial charge in [0.15, 0.2) is 11.7 Å². The minimum Gasteiger partial charge on any atom is -0.371 e. The Hall–Kier alpha value is -0.860. The molecule has 2 nitrogen and oxygen atoms in total. The molecule has 3 heteroatoms. The monoisotopic (exact) mass is 102 g/mol. The van der Waals surface area contributed by atoms with E-state index in [9.17, 15) is 4.39 Å². The molecule has 0 aliphatic carbocycles. The largest absolute Gasteiger partial charge is 0.371 e. The average Bonchev–Trinajstić information content (AvgIpc) is 1.65. The normalized spacial score (nSPS) is 7.71. The molecule has 0 aliphatic rings. The van der Waals surface area contributed by atoms with Crippen LogP contribution in [0, 0.1) is 5.41 Å². The first-order chi connectivity index (χ1) is 3.18. The van der Waals surface area contributed by atoms with Gasteiger partial charge in [0.05, 0.1) is 0 Å². The fraction of sp³-hybridized carbons (Fsp3) is 0.250. The van der Waals surface area contributed by atoms with E-state index in [1.54, 1.807) is 0 Å². The number of nitrogens with one attached hydrogen (secondary N) is 2. The Bertz CT molecular complexity index is 97.9. The van der Waals surface area contributed by atoms with Crippen LogP contribution < -0.4 is 5.32 Å². The molecular weight excluding hydrogens is 95.1 g/mol. The number of likely N-dealkylation sites (N-methyl/N-ethyl adjacent to an activating group) is 1. The first-order valence-corrected chi connectivity index (χ1v) is 1.79. The zero-order valence-corrected chi connectivity index (χ0v) is 4.09. The summed E-state index contributed by atoms with van der Waals surface area (Å²) in [5, 5.41) is 8.88. The summed E-state index contributed by atoms with van der Waals surface area (Å²) in [4.78, 5) is 0. The molecule has 40 valence electrons. The quantitative estimate of drug-likeness (QED) is 0.370. The van der Waals surface area contributed by atoms with E-state index in [4.69, 9.17) is 5.41 Å². The lowest BCUT2D eigenvalue weighted by Crippen LogP contribution is -2.16. The molecule has 0 aromatic heterocycles. The summed E-state index contributed by atoms with van der Waals surface area (Å²) >= 11 is 0. The summed E-state index contributed by atoms with van der Waals surface area (Å²) in [5.74, 6) is -0.998. The minimum absolute atomic E-state index is 0.264. The van der Waals surface area contributed by atoms with E-state index in [1.807, 2.05) is 0 Å². The third-order valence-corrected chi connectivity index (χ3v) is 0.521.